The number of carbonyl (C=O) groups is 2. The van der Waals surface area contributed by atoms with Crippen molar-refractivity contribution in [2.24, 2.45) is 10.7 Å². The standard InChI is InChI=1S/C23H30N6O2/c1-25-23(29-13-11-28(12-14-29)17-19-5-3-2-4-6-19)27-15-18-7-9-20(10-8-18)22(31)26-16-21(24)30/h2-10H,11-17H2,1H3,(H2,24,30)(H,25,27)(H,26,31). The Labute approximate surface area is 183 Å². The van der Waals surface area contributed by atoms with Gasteiger partial charge in [0.1, 0.15) is 0 Å². The molecule has 0 radical (unpaired) electrons. The molecule has 3 rings (SSSR count). The summed E-state index contributed by atoms with van der Waals surface area (Å²) in [5, 5.41) is 5.88. The summed E-state index contributed by atoms with van der Waals surface area (Å²) in [5.41, 5.74) is 7.91. The highest BCUT2D eigenvalue weighted by atomic mass is 16.2. The van der Waals surface area contributed by atoms with Crippen LogP contribution in [0.4, 0.5) is 0 Å². The van der Waals surface area contributed by atoms with Crippen LogP contribution in [0.1, 0.15) is 21.5 Å². The highest BCUT2D eigenvalue weighted by Gasteiger charge is 2.19. The second kappa shape index (κ2) is 11.1. The molecule has 1 fully saturated rings. The number of hydrogen-bond acceptors (Lipinski definition) is 4. The zero-order valence-corrected chi connectivity index (χ0v) is 17.9. The van der Waals surface area contributed by atoms with Gasteiger partial charge in [-0.25, -0.2) is 0 Å². The van der Waals surface area contributed by atoms with Crippen LogP contribution in [0.5, 0.6) is 0 Å². The van der Waals surface area contributed by atoms with Crippen LogP contribution in [0.2, 0.25) is 0 Å². The normalized spacial score (nSPS) is 14.9. The third-order valence-corrected chi connectivity index (χ3v) is 5.22. The highest BCUT2D eigenvalue weighted by Crippen LogP contribution is 2.09. The van der Waals surface area contributed by atoms with Gasteiger partial charge in [0.25, 0.3) is 5.91 Å². The summed E-state index contributed by atoms with van der Waals surface area (Å²) >= 11 is 0. The summed E-state index contributed by atoms with van der Waals surface area (Å²) in [6.45, 7) is 5.24. The van der Waals surface area contributed by atoms with Crippen LogP contribution in [0, 0.1) is 0 Å². The Morgan fingerprint density at radius 1 is 0.935 bits per heavy atom. The molecule has 2 amide bonds. The van der Waals surface area contributed by atoms with Gasteiger partial charge in [-0.2, -0.15) is 0 Å². The lowest BCUT2D eigenvalue weighted by atomic mass is 10.1. The van der Waals surface area contributed by atoms with Crippen LogP contribution in [-0.4, -0.2) is 67.3 Å². The van der Waals surface area contributed by atoms with E-state index >= 15 is 0 Å². The SMILES string of the molecule is CN=C(NCc1ccc(C(=O)NCC(N)=O)cc1)N1CCN(Cc2ccccc2)CC1. The number of nitrogens with one attached hydrogen (secondary N) is 2. The van der Waals surface area contributed by atoms with Gasteiger partial charge in [0.15, 0.2) is 5.96 Å². The summed E-state index contributed by atoms with van der Waals surface area (Å²) in [5.74, 6) is -0.00779. The molecule has 8 heteroatoms. The lowest BCUT2D eigenvalue weighted by molar-refractivity contribution is -0.117. The van der Waals surface area contributed by atoms with Gasteiger partial charge in [-0.05, 0) is 23.3 Å². The molecule has 8 nitrogen and oxygen atoms in total. The molecule has 4 N–H and O–H groups in total. The van der Waals surface area contributed by atoms with Crippen molar-refractivity contribution in [3.05, 3.63) is 71.3 Å². The Bertz CT molecular complexity index is 890. The van der Waals surface area contributed by atoms with Crippen molar-refractivity contribution in [3.63, 3.8) is 0 Å². The van der Waals surface area contributed by atoms with Crippen molar-refractivity contribution in [1.29, 1.82) is 0 Å². The predicted molar refractivity (Wildman–Crippen MR) is 121 cm³/mol. The molecule has 1 aliphatic heterocycles. The first-order chi connectivity index (χ1) is 15.0. The minimum Gasteiger partial charge on any atom is -0.368 e. The molecule has 1 aliphatic rings. The first kappa shape index (κ1) is 22.3. The fourth-order valence-electron chi connectivity index (χ4n) is 3.52. The van der Waals surface area contributed by atoms with Gasteiger partial charge in [0.2, 0.25) is 5.91 Å². The number of nitrogens with zero attached hydrogens (tertiary/aromatic N) is 3. The van der Waals surface area contributed by atoms with Gasteiger partial charge in [0.05, 0.1) is 6.54 Å². The molecule has 2 aromatic carbocycles. The molecule has 0 aliphatic carbocycles. The van der Waals surface area contributed by atoms with Gasteiger partial charge in [0, 0.05) is 51.9 Å². The minimum atomic E-state index is -0.568. The number of piperazine rings is 1. The molecule has 1 heterocycles. The van der Waals surface area contributed by atoms with E-state index in [1.54, 1.807) is 19.2 Å². The second-order valence-corrected chi connectivity index (χ2v) is 7.50. The average Bonchev–Trinajstić information content (AvgIpc) is 2.80. The maximum absolute atomic E-state index is 12.0. The zero-order chi connectivity index (χ0) is 22.1. The molecule has 0 unspecified atom stereocenters. The quantitative estimate of drug-likeness (QED) is 0.452. The van der Waals surface area contributed by atoms with Crippen LogP contribution in [-0.2, 0) is 17.9 Å². The number of nitrogens with two attached hydrogens (primary N) is 1. The highest BCUT2D eigenvalue weighted by molar-refractivity contribution is 5.96. The summed E-state index contributed by atoms with van der Waals surface area (Å²) in [6.07, 6.45) is 0. The van der Waals surface area contributed by atoms with E-state index in [2.05, 4.69) is 49.7 Å². The van der Waals surface area contributed by atoms with E-state index < -0.39 is 5.91 Å². The van der Waals surface area contributed by atoms with Crippen molar-refractivity contribution in [2.45, 2.75) is 13.1 Å². The number of rotatable bonds is 7. The summed E-state index contributed by atoms with van der Waals surface area (Å²) < 4.78 is 0. The molecule has 31 heavy (non-hydrogen) atoms. The molecule has 0 spiro atoms. The first-order valence-corrected chi connectivity index (χ1v) is 10.4. The van der Waals surface area contributed by atoms with Crippen LogP contribution in [0.15, 0.2) is 59.6 Å². The molecular weight excluding hydrogens is 392 g/mol. The van der Waals surface area contributed by atoms with Crippen molar-refractivity contribution < 1.29 is 9.59 Å². The summed E-state index contributed by atoms with van der Waals surface area (Å²) in [4.78, 5) is 31.9. The topological polar surface area (TPSA) is 103 Å². The Balaban J connectivity index is 1.45. The molecule has 2 aromatic rings. The Hall–Kier alpha value is -3.39. The van der Waals surface area contributed by atoms with Crippen LogP contribution in [0.3, 0.4) is 0 Å². The maximum atomic E-state index is 12.0. The fourth-order valence-corrected chi connectivity index (χ4v) is 3.52. The number of carbonyl (C=O) groups excluding carboxylic acids is 2. The predicted octanol–water partition coefficient (Wildman–Crippen LogP) is 0.795. The molecule has 0 aromatic heterocycles. The lowest BCUT2D eigenvalue weighted by Crippen LogP contribution is -2.52. The van der Waals surface area contributed by atoms with Crippen molar-refractivity contribution >= 4 is 17.8 Å². The third kappa shape index (κ3) is 6.82. The van der Waals surface area contributed by atoms with Crippen molar-refractivity contribution in [2.75, 3.05) is 39.8 Å². The Kier molecular flexibility index (Phi) is 8.00. The fraction of sp³-hybridized carbons (Fsp3) is 0.348. The van der Waals surface area contributed by atoms with Crippen LogP contribution >= 0.6 is 0 Å². The van der Waals surface area contributed by atoms with Crippen molar-refractivity contribution in [3.8, 4) is 0 Å². The van der Waals surface area contributed by atoms with Gasteiger partial charge in [-0.15, -0.1) is 0 Å². The lowest BCUT2D eigenvalue weighted by Gasteiger charge is -2.36. The van der Waals surface area contributed by atoms with E-state index in [0.29, 0.717) is 12.1 Å². The van der Waals surface area contributed by atoms with E-state index in [9.17, 15) is 9.59 Å². The summed E-state index contributed by atoms with van der Waals surface area (Å²) in [7, 11) is 1.80. The molecule has 164 valence electrons. The maximum Gasteiger partial charge on any atom is 0.251 e. The Morgan fingerprint density at radius 3 is 2.23 bits per heavy atom. The van der Waals surface area contributed by atoms with E-state index in [1.807, 2.05) is 18.2 Å². The molecule has 0 saturated carbocycles. The number of primary amides is 1. The first-order valence-electron chi connectivity index (χ1n) is 10.4. The molecule has 1 saturated heterocycles. The molecule has 0 bridgehead atoms. The minimum absolute atomic E-state index is 0.170. The Morgan fingerprint density at radius 2 is 1.61 bits per heavy atom. The van der Waals surface area contributed by atoms with E-state index in [-0.39, 0.29) is 12.5 Å². The van der Waals surface area contributed by atoms with E-state index in [1.165, 1.54) is 5.56 Å². The number of amides is 2. The van der Waals surface area contributed by atoms with Gasteiger partial charge < -0.3 is 21.3 Å². The van der Waals surface area contributed by atoms with Gasteiger partial charge >= 0.3 is 0 Å². The van der Waals surface area contributed by atoms with Crippen LogP contribution < -0.4 is 16.4 Å². The van der Waals surface area contributed by atoms with Gasteiger partial charge in [-0.3, -0.25) is 19.5 Å². The molecule has 0 atom stereocenters. The number of hydrogen-bond donors (Lipinski definition) is 3. The summed E-state index contributed by atoms with van der Waals surface area (Å²) in [6, 6.07) is 17.8. The van der Waals surface area contributed by atoms with Crippen LogP contribution in [0.25, 0.3) is 0 Å². The van der Waals surface area contributed by atoms with Crippen molar-refractivity contribution in [1.82, 2.24) is 20.4 Å². The molecular formula is C23H30N6O2. The number of benzene rings is 2. The number of aliphatic imine (C=N–C) groups is 1. The van der Waals surface area contributed by atoms with Gasteiger partial charge in [-0.1, -0.05) is 42.5 Å². The van der Waals surface area contributed by atoms with E-state index in [0.717, 1.165) is 44.2 Å². The average molecular weight is 423 g/mol. The second-order valence-electron chi connectivity index (χ2n) is 7.50. The number of guanidine groups is 1. The largest absolute Gasteiger partial charge is 0.368 e. The van der Waals surface area contributed by atoms with E-state index in [4.69, 9.17) is 5.73 Å². The zero-order valence-electron chi connectivity index (χ0n) is 17.9. The monoisotopic (exact) mass is 422 g/mol. The third-order valence-electron chi connectivity index (χ3n) is 5.22. The smallest absolute Gasteiger partial charge is 0.251 e.